The van der Waals surface area contributed by atoms with Crippen LogP contribution in [0.25, 0.3) is 0 Å². The van der Waals surface area contributed by atoms with Crippen LogP contribution in [0.1, 0.15) is 5.56 Å². The molecule has 0 radical (unpaired) electrons. The van der Waals surface area contributed by atoms with Crippen LogP contribution in [0.15, 0.2) is 42.7 Å². The highest BCUT2D eigenvalue weighted by atomic mass is 35.5. The zero-order valence-electron chi connectivity index (χ0n) is 12.7. The second kappa shape index (κ2) is 7.83. The van der Waals surface area contributed by atoms with Crippen molar-refractivity contribution in [1.82, 2.24) is 10.3 Å². The summed E-state index contributed by atoms with van der Waals surface area (Å²) in [5, 5.41) is 3.17. The van der Waals surface area contributed by atoms with Gasteiger partial charge < -0.3 is 5.32 Å². The summed E-state index contributed by atoms with van der Waals surface area (Å²) in [5.74, 6) is -0.463. The monoisotopic (exact) mass is 387 g/mol. The highest BCUT2D eigenvalue weighted by Gasteiger charge is 2.23. The number of sulfonamides is 1. The van der Waals surface area contributed by atoms with Crippen LogP contribution in [-0.2, 0) is 21.4 Å². The smallest absolute Gasteiger partial charge is 0.241 e. The van der Waals surface area contributed by atoms with E-state index in [2.05, 4.69) is 10.3 Å². The number of nitrogens with zero attached hydrogens (tertiary/aromatic N) is 2. The van der Waals surface area contributed by atoms with Crippen molar-refractivity contribution < 1.29 is 13.2 Å². The van der Waals surface area contributed by atoms with Crippen molar-refractivity contribution in [3.63, 3.8) is 0 Å². The van der Waals surface area contributed by atoms with Crippen LogP contribution in [0.3, 0.4) is 0 Å². The molecule has 0 saturated heterocycles. The Morgan fingerprint density at radius 2 is 2.04 bits per heavy atom. The highest BCUT2D eigenvalue weighted by Crippen LogP contribution is 2.30. The summed E-state index contributed by atoms with van der Waals surface area (Å²) < 4.78 is 25.0. The zero-order chi connectivity index (χ0) is 17.7. The van der Waals surface area contributed by atoms with Crippen molar-refractivity contribution in [2.75, 3.05) is 17.1 Å². The normalized spacial score (nSPS) is 11.1. The summed E-state index contributed by atoms with van der Waals surface area (Å²) in [6.45, 7) is -0.140. The van der Waals surface area contributed by atoms with E-state index in [1.54, 1.807) is 24.5 Å². The molecule has 2 rings (SSSR count). The largest absolute Gasteiger partial charge is 0.350 e. The van der Waals surface area contributed by atoms with Gasteiger partial charge in [-0.05, 0) is 29.8 Å². The lowest BCUT2D eigenvalue weighted by Gasteiger charge is -2.23. The fraction of sp³-hybridized carbons (Fsp3) is 0.200. The molecule has 0 fully saturated rings. The third-order valence-corrected chi connectivity index (χ3v) is 4.74. The van der Waals surface area contributed by atoms with Gasteiger partial charge in [0.05, 0.1) is 17.0 Å². The van der Waals surface area contributed by atoms with Crippen LogP contribution in [0.4, 0.5) is 5.69 Å². The minimum Gasteiger partial charge on any atom is -0.350 e. The lowest BCUT2D eigenvalue weighted by Crippen LogP contribution is -2.40. The first-order valence-electron chi connectivity index (χ1n) is 6.86. The fourth-order valence-electron chi connectivity index (χ4n) is 1.95. The van der Waals surface area contributed by atoms with E-state index in [1.165, 1.54) is 18.2 Å². The first-order chi connectivity index (χ1) is 11.3. The Kier molecular flexibility index (Phi) is 6.04. The number of nitrogens with one attached hydrogen (secondary N) is 1. The van der Waals surface area contributed by atoms with E-state index in [-0.39, 0.29) is 23.8 Å². The number of pyridine rings is 1. The number of hydrogen-bond donors (Lipinski definition) is 1. The van der Waals surface area contributed by atoms with Crippen LogP contribution in [-0.4, -0.2) is 32.1 Å². The number of amides is 1. The molecular formula is C15H15Cl2N3O3S. The maximum absolute atomic E-state index is 12.1. The summed E-state index contributed by atoms with van der Waals surface area (Å²) >= 11 is 11.9. The van der Waals surface area contributed by atoms with E-state index in [9.17, 15) is 13.2 Å². The summed E-state index contributed by atoms with van der Waals surface area (Å²) in [6, 6.07) is 7.94. The van der Waals surface area contributed by atoms with Gasteiger partial charge in [-0.2, -0.15) is 0 Å². The first kappa shape index (κ1) is 18.5. The number of carbonyl (C=O) groups excluding carboxylic acids is 1. The number of carbonyl (C=O) groups is 1. The average molecular weight is 388 g/mol. The van der Waals surface area contributed by atoms with Crippen molar-refractivity contribution in [2.45, 2.75) is 6.54 Å². The molecule has 9 heteroatoms. The third-order valence-electron chi connectivity index (χ3n) is 3.08. The molecule has 0 atom stereocenters. The number of anilines is 1. The molecule has 0 spiro atoms. The van der Waals surface area contributed by atoms with Crippen LogP contribution in [0, 0.1) is 0 Å². The van der Waals surface area contributed by atoms with Crippen LogP contribution < -0.4 is 9.62 Å². The summed E-state index contributed by atoms with van der Waals surface area (Å²) in [5.41, 5.74) is 1.00. The van der Waals surface area contributed by atoms with Crippen molar-refractivity contribution in [1.29, 1.82) is 0 Å². The topological polar surface area (TPSA) is 79.4 Å². The molecule has 0 unspecified atom stereocenters. The van der Waals surface area contributed by atoms with Crippen LogP contribution >= 0.6 is 23.2 Å². The molecule has 0 aliphatic heterocycles. The Morgan fingerprint density at radius 1 is 1.29 bits per heavy atom. The lowest BCUT2D eigenvalue weighted by atomic mass is 10.3. The molecule has 0 bridgehead atoms. The average Bonchev–Trinajstić information content (AvgIpc) is 2.51. The zero-order valence-corrected chi connectivity index (χ0v) is 15.1. The van der Waals surface area contributed by atoms with Gasteiger partial charge >= 0.3 is 0 Å². The Morgan fingerprint density at radius 3 is 2.62 bits per heavy atom. The molecule has 1 heterocycles. The SMILES string of the molecule is CS(=O)(=O)N(CC(=O)NCc1cccnc1)c1ccc(Cl)cc1Cl. The molecule has 1 aromatic carbocycles. The van der Waals surface area contributed by atoms with Gasteiger partial charge in [0, 0.05) is 24.0 Å². The molecule has 6 nitrogen and oxygen atoms in total. The molecule has 1 amide bonds. The van der Waals surface area contributed by atoms with Crippen molar-refractivity contribution in [3.8, 4) is 0 Å². The predicted octanol–water partition coefficient (Wildman–Crippen LogP) is 2.47. The standard InChI is InChI=1S/C15H15Cl2N3O3S/c1-24(22,23)20(14-5-4-12(16)7-13(14)17)10-15(21)19-9-11-3-2-6-18-8-11/h2-8H,9-10H2,1H3,(H,19,21). The summed E-state index contributed by atoms with van der Waals surface area (Å²) in [7, 11) is -3.70. The molecule has 0 aliphatic rings. The molecule has 128 valence electrons. The van der Waals surface area contributed by atoms with Crippen molar-refractivity contribution >= 4 is 44.8 Å². The second-order valence-corrected chi connectivity index (χ2v) is 7.75. The number of benzene rings is 1. The van der Waals surface area contributed by atoms with Crippen molar-refractivity contribution in [3.05, 3.63) is 58.3 Å². The van der Waals surface area contributed by atoms with E-state index in [1.807, 2.05) is 0 Å². The maximum atomic E-state index is 12.1. The van der Waals surface area contributed by atoms with Gasteiger partial charge in [0.15, 0.2) is 0 Å². The van der Waals surface area contributed by atoms with Crippen LogP contribution in [0.5, 0.6) is 0 Å². The van der Waals surface area contributed by atoms with Crippen molar-refractivity contribution in [2.24, 2.45) is 0 Å². The van der Waals surface area contributed by atoms with Crippen LogP contribution in [0.2, 0.25) is 10.0 Å². The molecule has 1 aromatic heterocycles. The van der Waals surface area contributed by atoms with Gasteiger partial charge in [-0.1, -0.05) is 29.3 Å². The maximum Gasteiger partial charge on any atom is 0.241 e. The quantitative estimate of drug-likeness (QED) is 0.825. The number of hydrogen-bond acceptors (Lipinski definition) is 4. The molecule has 24 heavy (non-hydrogen) atoms. The van der Waals surface area contributed by atoms with Gasteiger partial charge in [0.2, 0.25) is 15.9 Å². The Labute approximate surface area is 150 Å². The second-order valence-electron chi connectivity index (χ2n) is 5.00. The number of rotatable bonds is 6. The molecule has 2 aromatic rings. The van der Waals surface area contributed by atoms with E-state index in [0.717, 1.165) is 16.1 Å². The van der Waals surface area contributed by atoms with Gasteiger partial charge in [-0.15, -0.1) is 0 Å². The molecule has 0 aliphatic carbocycles. The summed E-state index contributed by atoms with van der Waals surface area (Å²) in [4.78, 5) is 16.1. The van der Waals surface area contributed by atoms with Gasteiger partial charge in [-0.25, -0.2) is 8.42 Å². The molecular weight excluding hydrogens is 373 g/mol. The van der Waals surface area contributed by atoms with E-state index >= 15 is 0 Å². The Bertz CT molecular complexity index is 829. The van der Waals surface area contributed by atoms with Gasteiger partial charge in [0.25, 0.3) is 0 Å². The minimum atomic E-state index is -3.70. The van der Waals surface area contributed by atoms with Gasteiger partial charge in [-0.3, -0.25) is 14.1 Å². The number of aromatic nitrogens is 1. The van der Waals surface area contributed by atoms with E-state index < -0.39 is 15.9 Å². The third kappa shape index (κ3) is 5.09. The van der Waals surface area contributed by atoms with E-state index in [0.29, 0.717) is 5.02 Å². The lowest BCUT2D eigenvalue weighted by molar-refractivity contribution is -0.119. The number of halogens is 2. The molecule has 0 saturated carbocycles. The molecule has 1 N–H and O–H groups in total. The minimum absolute atomic E-state index is 0.146. The van der Waals surface area contributed by atoms with Gasteiger partial charge in [0.1, 0.15) is 6.54 Å². The Hall–Kier alpha value is -1.83. The fourth-order valence-corrected chi connectivity index (χ4v) is 3.38. The first-order valence-corrected chi connectivity index (χ1v) is 9.46. The van der Waals surface area contributed by atoms with E-state index in [4.69, 9.17) is 23.2 Å². The predicted molar refractivity (Wildman–Crippen MR) is 94.7 cm³/mol. The highest BCUT2D eigenvalue weighted by molar-refractivity contribution is 7.92. The Balaban J connectivity index is 2.13. The summed E-state index contributed by atoms with van der Waals surface area (Å²) in [6.07, 6.45) is 4.25.